The molecule has 1 atom stereocenters. The number of carbonyl (C=O) groups is 1. The van der Waals surface area contributed by atoms with Gasteiger partial charge in [0.05, 0.1) is 11.3 Å². The average molecular weight is 258 g/mol. The Hall–Kier alpha value is -1.03. The molecule has 1 rings (SSSR count). The molecule has 1 aromatic heterocycles. The van der Waals surface area contributed by atoms with E-state index in [1.807, 2.05) is 27.8 Å². The third-order valence-corrected chi connectivity index (χ3v) is 3.45. The summed E-state index contributed by atoms with van der Waals surface area (Å²) in [5.74, 6) is -0.0620. The van der Waals surface area contributed by atoms with E-state index in [1.54, 1.807) is 4.68 Å². The Morgan fingerprint density at radius 2 is 2.18 bits per heavy atom. The maximum absolute atomic E-state index is 12.0. The molecule has 1 amide bonds. The molecule has 1 aromatic rings. The van der Waals surface area contributed by atoms with Crippen molar-refractivity contribution in [3.8, 4) is 0 Å². The van der Waals surface area contributed by atoms with Gasteiger partial charge >= 0.3 is 0 Å². The molecule has 0 saturated heterocycles. The third-order valence-electron chi connectivity index (χ3n) is 2.92. The highest BCUT2D eigenvalue weighted by Crippen LogP contribution is 2.11. The maximum Gasteiger partial charge on any atom is 0.255 e. The van der Waals surface area contributed by atoms with Crippen molar-refractivity contribution in [3.63, 3.8) is 0 Å². The number of amides is 1. The van der Waals surface area contributed by atoms with Crippen LogP contribution in [0.2, 0.25) is 0 Å². The number of halogens is 1. The summed E-state index contributed by atoms with van der Waals surface area (Å²) in [6.45, 7) is 6.38. The number of alkyl halides is 1. The molecule has 96 valence electrons. The molecule has 4 nitrogen and oxygen atoms in total. The van der Waals surface area contributed by atoms with E-state index in [-0.39, 0.29) is 11.3 Å². The van der Waals surface area contributed by atoms with Crippen LogP contribution in [0.25, 0.3) is 0 Å². The van der Waals surface area contributed by atoms with Crippen molar-refractivity contribution in [2.45, 2.75) is 39.0 Å². The Labute approximate surface area is 107 Å². The quantitative estimate of drug-likeness (QED) is 0.822. The van der Waals surface area contributed by atoms with E-state index in [0.29, 0.717) is 12.1 Å². The van der Waals surface area contributed by atoms with Gasteiger partial charge in [-0.15, -0.1) is 11.6 Å². The predicted octanol–water partition coefficient (Wildman–Crippen LogP) is 2.17. The number of rotatable bonds is 5. The van der Waals surface area contributed by atoms with Gasteiger partial charge in [-0.3, -0.25) is 9.48 Å². The normalized spacial score (nSPS) is 12.5. The zero-order valence-electron chi connectivity index (χ0n) is 10.9. The molecule has 0 radical (unpaired) electrons. The summed E-state index contributed by atoms with van der Waals surface area (Å²) in [4.78, 5) is 12.0. The van der Waals surface area contributed by atoms with E-state index >= 15 is 0 Å². The number of carbonyl (C=O) groups excluding carboxylic acids is 1. The molecule has 0 aromatic carbocycles. The van der Waals surface area contributed by atoms with E-state index < -0.39 is 0 Å². The smallest absolute Gasteiger partial charge is 0.255 e. The summed E-state index contributed by atoms with van der Waals surface area (Å²) < 4.78 is 1.72. The molecular weight excluding hydrogens is 238 g/mol. The molecule has 5 heteroatoms. The Bertz CT molecular complexity index is 401. The average Bonchev–Trinajstić information content (AvgIpc) is 2.52. The number of nitrogens with zero attached hydrogens (tertiary/aromatic N) is 2. The van der Waals surface area contributed by atoms with Crippen molar-refractivity contribution < 1.29 is 4.79 Å². The predicted molar refractivity (Wildman–Crippen MR) is 69.6 cm³/mol. The minimum atomic E-state index is -0.0620. The molecule has 1 heterocycles. The summed E-state index contributed by atoms with van der Waals surface area (Å²) in [5, 5.41) is 7.23. The molecule has 0 aliphatic heterocycles. The maximum atomic E-state index is 12.0. The first-order valence-corrected chi connectivity index (χ1v) is 6.33. The van der Waals surface area contributed by atoms with Gasteiger partial charge in [0, 0.05) is 24.7 Å². The van der Waals surface area contributed by atoms with Crippen LogP contribution < -0.4 is 5.32 Å². The van der Waals surface area contributed by atoms with Crippen LogP contribution in [0, 0.1) is 13.8 Å². The van der Waals surface area contributed by atoms with Gasteiger partial charge in [0.15, 0.2) is 0 Å². The van der Waals surface area contributed by atoms with Crippen molar-refractivity contribution in [2.24, 2.45) is 7.05 Å². The van der Waals surface area contributed by atoms with Gasteiger partial charge in [-0.25, -0.2) is 0 Å². The van der Waals surface area contributed by atoms with Gasteiger partial charge in [0.25, 0.3) is 5.91 Å². The highest BCUT2D eigenvalue weighted by atomic mass is 35.5. The molecule has 0 spiro atoms. The second kappa shape index (κ2) is 6.05. The Morgan fingerprint density at radius 3 is 2.65 bits per heavy atom. The third kappa shape index (κ3) is 3.46. The van der Waals surface area contributed by atoms with Crippen molar-refractivity contribution in [3.05, 3.63) is 17.0 Å². The number of aryl methyl sites for hydroxylation is 2. The summed E-state index contributed by atoms with van der Waals surface area (Å²) in [6.07, 6.45) is 1.71. The molecule has 0 aliphatic rings. The summed E-state index contributed by atoms with van der Waals surface area (Å²) in [6, 6.07) is 0. The van der Waals surface area contributed by atoms with Crippen LogP contribution in [0.1, 0.15) is 41.5 Å². The van der Waals surface area contributed by atoms with Crippen molar-refractivity contribution in [1.29, 1.82) is 0 Å². The van der Waals surface area contributed by atoms with E-state index in [4.69, 9.17) is 11.6 Å². The van der Waals surface area contributed by atoms with E-state index in [0.717, 1.165) is 24.2 Å². The van der Waals surface area contributed by atoms with Gasteiger partial charge in [-0.2, -0.15) is 5.10 Å². The van der Waals surface area contributed by atoms with Gasteiger partial charge in [0.1, 0.15) is 0 Å². The molecule has 0 saturated carbocycles. The fourth-order valence-electron chi connectivity index (χ4n) is 1.74. The second-order valence-corrected chi connectivity index (χ2v) is 4.84. The van der Waals surface area contributed by atoms with Crippen LogP contribution in [0.5, 0.6) is 0 Å². The second-order valence-electron chi connectivity index (χ2n) is 4.22. The standard InChI is InChI=1S/C12H20ClN3O/c1-5-10(13)6-7-14-12(17)11-8(2)15-16(4)9(11)3/h10H,5-7H2,1-4H3,(H,14,17). The lowest BCUT2D eigenvalue weighted by molar-refractivity contribution is 0.0952. The summed E-state index contributed by atoms with van der Waals surface area (Å²) in [5.41, 5.74) is 2.33. The van der Waals surface area contributed by atoms with Crippen LogP contribution in [-0.4, -0.2) is 27.6 Å². The number of nitrogens with one attached hydrogen (secondary N) is 1. The van der Waals surface area contributed by atoms with Crippen LogP contribution in [0.15, 0.2) is 0 Å². The molecule has 1 N–H and O–H groups in total. The highest BCUT2D eigenvalue weighted by molar-refractivity contribution is 6.20. The van der Waals surface area contributed by atoms with Crippen molar-refractivity contribution >= 4 is 17.5 Å². The Morgan fingerprint density at radius 1 is 1.53 bits per heavy atom. The molecule has 0 fully saturated rings. The summed E-state index contributed by atoms with van der Waals surface area (Å²) in [7, 11) is 1.84. The minimum absolute atomic E-state index is 0.0620. The van der Waals surface area contributed by atoms with Gasteiger partial charge in [-0.1, -0.05) is 6.92 Å². The van der Waals surface area contributed by atoms with Gasteiger partial charge in [-0.05, 0) is 26.7 Å². The van der Waals surface area contributed by atoms with Crippen LogP contribution in [0.3, 0.4) is 0 Å². The largest absolute Gasteiger partial charge is 0.352 e. The zero-order chi connectivity index (χ0) is 13.0. The fourth-order valence-corrected chi connectivity index (χ4v) is 1.85. The van der Waals surface area contributed by atoms with E-state index in [9.17, 15) is 4.79 Å². The first kappa shape index (κ1) is 14.0. The topological polar surface area (TPSA) is 46.9 Å². The lowest BCUT2D eigenvalue weighted by atomic mass is 10.2. The van der Waals surface area contributed by atoms with Crippen molar-refractivity contribution in [1.82, 2.24) is 15.1 Å². The zero-order valence-corrected chi connectivity index (χ0v) is 11.6. The molecule has 0 bridgehead atoms. The lowest BCUT2D eigenvalue weighted by Gasteiger charge is -2.08. The number of hydrogen-bond donors (Lipinski definition) is 1. The highest BCUT2D eigenvalue weighted by Gasteiger charge is 2.16. The monoisotopic (exact) mass is 257 g/mol. The lowest BCUT2D eigenvalue weighted by Crippen LogP contribution is -2.27. The Kier molecular flexibility index (Phi) is 5.00. The first-order valence-electron chi connectivity index (χ1n) is 5.89. The molecule has 17 heavy (non-hydrogen) atoms. The van der Waals surface area contributed by atoms with Crippen molar-refractivity contribution in [2.75, 3.05) is 6.54 Å². The fraction of sp³-hybridized carbons (Fsp3) is 0.667. The van der Waals surface area contributed by atoms with Crippen LogP contribution in [0.4, 0.5) is 0 Å². The van der Waals surface area contributed by atoms with E-state index in [2.05, 4.69) is 10.4 Å². The molecule has 1 unspecified atom stereocenters. The van der Waals surface area contributed by atoms with Gasteiger partial charge < -0.3 is 5.32 Å². The number of hydrogen-bond acceptors (Lipinski definition) is 2. The van der Waals surface area contributed by atoms with E-state index in [1.165, 1.54) is 0 Å². The summed E-state index contributed by atoms with van der Waals surface area (Å²) >= 11 is 5.99. The first-order chi connectivity index (χ1) is 7.97. The SMILES string of the molecule is CCC(Cl)CCNC(=O)c1c(C)nn(C)c1C. The Balaban J connectivity index is 2.58. The molecule has 0 aliphatic carbocycles. The van der Waals surface area contributed by atoms with Crippen LogP contribution >= 0.6 is 11.6 Å². The number of aromatic nitrogens is 2. The van der Waals surface area contributed by atoms with Crippen LogP contribution in [-0.2, 0) is 7.05 Å². The van der Waals surface area contributed by atoms with Gasteiger partial charge in [0.2, 0.25) is 0 Å². The minimum Gasteiger partial charge on any atom is -0.352 e. The molecular formula is C12H20ClN3O.